The summed E-state index contributed by atoms with van der Waals surface area (Å²) in [6.07, 6.45) is -3.47. The number of unbranched alkanes of at least 4 members (excludes halogenated alkanes) is 1. The Balaban J connectivity index is 1.44. The van der Waals surface area contributed by atoms with Crippen LogP contribution >= 0.6 is 0 Å². The molecule has 0 radical (unpaired) electrons. The van der Waals surface area contributed by atoms with Gasteiger partial charge in [0.25, 0.3) is 0 Å². The SMILES string of the molecule is C[C@H](CCCCC(=O)O[C@@H]1[C@@H](O)[C@@]2(CCC[C@@H](O)[C@H](C)Cc3ccccc3)O[C@H](C(=O)O)[C@@](O)(C(=O)O)[C@]1(C(=O)O)O2)CCCc1ccccc1. The molecule has 0 amide bonds. The average molecular weight is 715 g/mol. The van der Waals surface area contributed by atoms with Gasteiger partial charge in [0.05, 0.1) is 6.10 Å². The molecule has 2 aliphatic heterocycles. The zero-order valence-corrected chi connectivity index (χ0v) is 29.1. The summed E-state index contributed by atoms with van der Waals surface area (Å²) in [5.41, 5.74) is -5.02. The van der Waals surface area contributed by atoms with Crippen molar-refractivity contribution >= 4 is 23.9 Å². The minimum atomic E-state index is -3.82. The van der Waals surface area contributed by atoms with Gasteiger partial charge in [0.1, 0.15) is 6.10 Å². The van der Waals surface area contributed by atoms with Crippen LogP contribution in [0.3, 0.4) is 0 Å². The number of carbonyl (C=O) groups excluding carboxylic acids is 1. The zero-order valence-electron chi connectivity index (χ0n) is 29.1. The third-order valence-electron chi connectivity index (χ3n) is 10.3. The highest BCUT2D eigenvalue weighted by molar-refractivity contribution is 5.98. The molecule has 2 aromatic rings. The van der Waals surface area contributed by atoms with Crippen molar-refractivity contribution < 1.29 is 64.0 Å². The van der Waals surface area contributed by atoms with Crippen LogP contribution in [0.25, 0.3) is 0 Å². The number of hydrogen-bond acceptors (Lipinski definition) is 10. The van der Waals surface area contributed by atoms with Gasteiger partial charge in [-0.3, -0.25) is 4.79 Å². The van der Waals surface area contributed by atoms with Gasteiger partial charge in [0.2, 0.25) is 23.1 Å². The Bertz CT molecular complexity index is 1490. The molecule has 6 N–H and O–H groups in total. The van der Waals surface area contributed by atoms with Crippen molar-refractivity contribution in [1.82, 2.24) is 0 Å². The van der Waals surface area contributed by atoms with Crippen LogP contribution in [0, 0.1) is 11.8 Å². The van der Waals surface area contributed by atoms with E-state index in [2.05, 4.69) is 19.1 Å². The lowest BCUT2D eigenvalue weighted by molar-refractivity contribution is -0.374. The molecule has 0 aromatic heterocycles. The van der Waals surface area contributed by atoms with E-state index < -0.39 is 71.7 Å². The number of carboxylic acid groups (broad SMARTS) is 3. The Morgan fingerprint density at radius 2 is 1.43 bits per heavy atom. The molecule has 280 valence electrons. The van der Waals surface area contributed by atoms with E-state index in [0.717, 1.165) is 31.2 Å². The van der Waals surface area contributed by atoms with Crippen molar-refractivity contribution in [2.24, 2.45) is 11.8 Å². The van der Waals surface area contributed by atoms with Gasteiger partial charge in [-0.15, -0.1) is 0 Å². The molecule has 13 heteroatoms. The Morgan fingerprint density at radius 1 is 0.824 bits per heavy atom. The molecule has 9 atom stereocenters. The number of aliphatic hydroxyl groups excluding tert-OH is 2. The van der Waals surface area contributed by atoms with Crippen LogP contribution < -0.4 is 0 Å². The number of ether oxygens (including phenoxy) is 3. The van der Waals surface area contributed by atoms with Crippen molar-refractivity contribution in [3.63, 3.8) is 0 Å². The second kappa shape index (κ2) is 17.1. The van der Waals surface area contributed by atoms with Crippen molar-refractivity contribution in [2.75, 3.05) is 0 Å². The number of aliphatic hydroxyl groups is 3. The summed E-state index contributed by atoms with van der Waals surface area (Å²) in [5, 5.41) is 64.2. The van der Waals surface area contributed by atoms with Crippen molar-refractivity contribution in [3.8, 4) is 0 Å². The molecule has 2 heterocycles. The maximum Gasteiger partial charge on any atom is 0.344 e. The Kier molecular flexibility index (Phi) is 13.4. The molecule has 0 aliphatic carbocycles. The van der Waals surface area contributed by atoms with Crippen molar-refractivity contribution in [2.45, 2.75) is 126 Å². The number of fused-ring (bicyclic) bond motifs is 2. The topological polar surface area (TPSA) is 217 Å². The van der Waals surface area contributed by atoms with E-state index in [0.29, 0.717) is 25.2 Å². The molecule has 2 bridgehead atoms. The molecular weight excluding hydrogens is 664 g/mol. The number of aryl methyl sites for hydroxylation is 1. The summed E-state index contributed by atoms with van der Waals surface area (Å²) in [6.45, 7) is 3.94. The lowest BCUT2D eigenvalue weighted by atomic mass is 9.74. The fraction of sp³-hybridized carbons (Fsp3) is 0.579. The van der Waals surface area contributed by atoms with E-state index in [1.165, 1.54) is 5.56 Å². The monoisotopic (exact) mass is 714 g/mol. The van der Waals surface area contributed by atoms with Gasteiger partial charge in [-0.05, 0) is 61.5 Å². The average Bonchev–Trinajstić information content (AvgIpc) is 3.30. The lowest BCUT2D eigenvalue weighted by Crippen LogP contribution is -2.78. The Labute approximate surface area is 297 Å². The van der Waals surface area contributed by atoms with Crippen LogP contribution in [-0.2, 0) is 46.2 Å². The molecule has 2 aromatic carbocycles. The largest absolute Gasteiger partial charge is 0.479 e. The third kappa shape index (κ3) is 8.61. The van der Waals surface area contributed by atoms with Gasteiger partial charge < -0.3 is 44.8 Å². The lowest BCUT2D eigenvalue weighted by Gasteiger charge is -2.48. The number of rotatable bonds is 20. The van der Waals surface area contributed by atoms with Crippen LogP contribution in [0.4, 0.5) is 0 Å². The van der Waals surface area contributed by atoms with E-state index in [1.54, 1.807) is 0 Å². The fourth-order valence-corrected chi connectivity index (χ4v) is 7.32. The van der Waals surface area contributed by atoms with E-state index >= 15 is 0 Å². The first-order chi connectivity index (χ1) is 24.2. The molecule has 2 fully saturated rings. The number of hydrogen-bond donors (Lipinski definition) is 6. The van der Waals surface area contributed by atoms with Crippen molar-refractivity contribution in [1.29, 1.82) is 0 Å². The Morgan fingerprint density at radius 3 is 2.02 bits per heavy atom. The predicted molar refractivity (Wildman–Crippen MR) is 181 cm³/mol. The van der Waals surface area contributed by atoms with Gasteiger partial charge in [-0.1, -0.05) is 93.8 Å². The first kappa shape index (κ1) is 39.9. The van der Waals surface area contributed by atoms with Gasteiger partial charge in [-0.25, -0.2) is 14.4 Å². The van der Waals surface area contributed by atoms with Gasteiger partial charge >= 0.3 is 23.9 Å². The van der Waals surface area contributed by atoms with Crippen LogP contribution in [-0.4, -0.2) is 95.9 Å². The molecule has 0 saturated carbocycles. The van der Waals surface area contributed by atoms with Gasteiger partial charge in [0.15, 0.2) is 6.10 Å². The van der Waals surface area contributed by atoms with Crippen molar-refractivity contribution in [3.05, 3.63) is 71.8 Å². The minimum Gasteiger partial charge on any atom is -0.479 e. The summed E-state index contributed by atoms with van der Waals surface area (Å²) in [5.74, 6) is -9.88. The zero-order chi connectivity index (χ0) is 37.4. The molecule has 13 nitrogen and oxygen atoms in total. The molecule has 4 rings (SSSR count). The smallest absolute Gasteiger partial charge is 0.344 e. The molecule has 2 aliphatic rings. The number of carboxylic acids is 3. The maximum atomic E-state index is 13.1. The minimum absolute atomic E-state index is 0.00487. The van der Waals surface area contributed by atoms with Gasteiger partial charge in [-0.2, -0.15) is 0 Å². The fourth-order valence-electron chi connectivity index (χ4n) is 7.32. The maximum absolute atomic E-state index is 13.1. The third-order valence-corrected chi connectivity index (χ3v) is 10.3. The van der Waals surface area contributed by atoms with Crippen LogP contribution in [0.5, 0.6) is 0 Å². The molecule has 0 spiro atoms. The molecule has 51 heavy (non-hydrogen) atoms. The Hall–Kier alpha value is -3.88. The number of benzene rings is 2. The first-order valence-electron chi connectivity index (χ1n) is 17.6. The standard InChI is InChI=1S/C38H50O13/c1-24(14-11-19-26-15-5-3-6-16-26)13-9-10-21-29(40)49-31-30(41)36(22-12-20-28(39)25(2)23-27-17-7-4-8-18-27)50-32(33(42)43)37(48,34(44)45)38(31,51-36)35(46)47/h3-8,15-18,24-25,28,30-32,39,41,48H,9-14,19-23H2,1-2H3,(H,42,43)(H,44,45)(H,46,47)/t24-,25-,28-,30-,31-,32-,36+,37-,38+/m1/s1. The normalized spacial score (nSPS) is 28.8. The molecule has 2 saturated heterocycles. The molecular formula is C38H50O13. The second-order valence-electron chi connectivity index (χ2n) is 14.1. The highest BCUT2D eigenvalue weighted by Crippen LogP contribution is 2.55. The summed E-state index contributed by atoms with van der Waals surface area (Å²) in [7, 11) is 0. The van der Waals surface area contributed by atoms with Crippen LogP contribution in [0.2, 0.25) is 0 Å². The predicted octanol–water partition coefficient (Wildman–Crippen LogP) is 3.74. The number of carbonyl (C=O) groups is 4. The summed E-state index contributed by atoms with van der Waals surface area (Å²) in [4.78, 5) is 50.8. The quantitative estimate of drug-likeness (QED) is 0.0852. The van der Waals surface area contributed by atoms with Crippen LogP contribution in [0.1, 0.15) is 82.8 Å². The van der Waals surface area contributed by atoms with E-state index in [9.17, 15) is 49.8 Å². The van der Waals surface area contributed by atoms with E-state index in [4.69, 9.17) is 14.2 Å². The second-order valence-corrected chi connectivity index (χ2v) is 14.1. The summed E-state index contributed by atoms with van der Waals surface area (Å²) < 4.78 is 16.6. The van der Waals surface area contributed by atoms with Gasteiger partial charge in [0, 0.05) is 12.8 Å². The first-order valence-corrected chi connectivity index (χ1v) is 17.6. The van der Waals surface area contributed by atoms with E-state index in [-0.39, 0.29) is 25.2 Å². The number of aliphatic carboxylic acids is 3. The molecule has 0 unspecified atom stereocenters. The summed E-state index contributed by atoms with van der Waals surface area (Å²) >= 11 is 0. The number of esters is 1. The summed E-state index contributed by atoms with van der Waals surface area (Å²) in [6, 6.07) is 19.6. The highest BCUT2D eigenvalue weighted by atomic mass is 16.8. The highest BCUT2D eigenvalue weighted by Gasteiger charge is 2.85. The van der Waals surface area contributed by atoms with E-state index in [1.807, 2.05) is 55.5 Å². The van der Waals surface area contributed by atoms with Crippen LogP contribution in [0.15, 0.2) is 60.7 Å².